The lowest BCUT2D eigenvalue weighted by atomic mass is 10.1. The molecule has 0 atom stereocenters. The molecule has 196 valence electrons. The van der Waals surface area contributed by atoms with Crippen molar-refractivity contribution >= 4 is 33.3 Å². The summed E-state index contributed by atoms with van der Waals surface area (Å²) in [5.74, 6) is -1.30. The van der Waals surface area contributed by atoms with Crippen LogP contribution < -0.4 is 5.32 Å². The minimum absolute atomic E-state index is 0.00117. The van der Waals surface area contributed by atoms with E-state index in [1.807, 2.05) is 0 Å². The number of aromatic nitrogens is 4. The Morgan fingerprint density at radius 1 is 1.22 bits per heavy atom. The standard InChI is InChI=1S/C21H23ClF4N6O3S/c1-20(2,33)12-32-11-13(9-28-32)18-15(21(24,25)26)10-27-19(30-18)29-17-5-4-14(8-16(17)23)36(34,35)31(3)7-6-22/h4-5,8-11,33H,6-7,12H2,1-3H3,(H,27,29,30). The lowest BCUT2D eigenvalue weighted by Crippen LogP contribution is -2.28. The molecule has 0 aliphatic carbocycles. The van der Waals surface area contributed by atoms with Crippen LogP contribution in [0.1, 0.15) is 19.4 Å². The Hall–Kier alpha value is -2.81. The van der Waals surface area contributed by atoms with Gasteiger partial charge in [0.15, 0.2) is 0 Å². The van der Waals surface area contributed by atoms with Gasteiger partial charge >= 0.3 is 6.18 Å². The molecule has 0 radical (unpaired) electrons. The third-order valence-electron chi connectivity index (χ3n) is 4.84. The van der Waals surface area contributed by atoms with E-state index in [0.29, 0.717) is 6.20 Å². The maximum atomic E-state index is 14.7. The normalized spacial score (nSPS) is 12.8. The van der Waals surface area contributed by atoms with E-state index in [0.717, 1.165) is 28.7 Å². The number of alkyl halides is 4. The van der Waals surface area contributed by atoms with Crippen LogP contribution in [0.4, 0.5) is 29.2 Å². The van der Waals surface area contributed by atoms with Crippen LogP contribution in [0.2, 0.25) is 0 Å². The number of hydrogen-bond donors (Lipinski definition) is 2. The second kappa shape index (κ2) is 10.3. The first-order valence-corrected chi connectivity index (χ1v) is 12.4. The van der Waals surface area contributed by atoms with Crippen molar-refractivity contribution in [1.82, 2.24) is 24.1 Å². The number of benzene rings is 1. The Bertz CT molecular complexity index is 1340. The Balaban J connectivity index is 1.96. The molecule has 36 heavy (non-hydrogen) atoms. The van der Waals surface area contributed by atoms with E-state index >= 15 is 0 Å². The van der Waals surface area contributed by atoms with Crippen LogP contribution in [0.5, 0.6) is 0 Å². The Labute approximate surface area is 209 Å². The molecule has 2 heterocycles. The lowest BCUT2D eigenvalue weighted by Gasteiger charge is -2.17. The van der Waals surface area contributed by atoms with Crippen molar-refractivity contribution in [3.63, 3.8) is 0 Å². The van der Waals surface area contributed by atoms with Crippen LogP contribution in [0.25, 0.3) is 11.3 Å². The van der Waals surface area contributed by atoms with Crippen molar-refractivity contribution in [2.24, 2.45) is 0 Å². The first-order chi connectivity index (χ1) is 16.6. The van der Waals surface area contributed by atoms with Gasteiger partial charge in [-0.1, -0.05) is 0 Å². The van der Waals surface area contributed by atoms with Gasteiger partial charge in [-0.3, -0.25) is 4.68 Å². The van der Waals surface area contributed by atoms with E-state index in [1.54, 1.807) is 0 Å². The summed E-state index contributed by atoms with van der Waals surface area (Å²) in [6.45, 7) is 3.07. The average molecular weight is 551 g/mol. The second-order valence-electron chi connectivity index (χ2n) is 8.47. The Morgan fingerprint density at radius 2 is 1.92 bits per heavy atom. The fourth-order valence-electron chi connectivity index (χ4n) is 3.14. The van der Waals surface area contributed by atoms with E-state index in [4.69, 9.17) is 11.6 Å². The summed E-state index contributed by atoms with van der Waals surface area (Å²) >= 11 is 5.57. The summed E-state index contributed by atoms with van der Waals surface area (Å²) in [6.07, 6.45) is -1.79. The minimum atomic E-state index is -4.79. The smallest absolute Gasteiger partial charge is 0.389 e. The fraction of sp³-hybridized carbons (Fsp3) is 0.381. The predicted octanol–water partition coefficient (Wildman–Crippen LogP) is 3.87. The quantitative estimate of drug-likeness (QED) is 0.307. The largest absolute Gasteiger partial charge is 0.419 e. The molecule has 9 nitrogen and oxygen atoms in total. The monoisotopic (exact) mass is 550 g/mol. The fourth-order valence-corrected chi connectivity index (χ4v) is 4.67. The second-order valence-corrected chi connectivity index (χ2v) is 10.9. The van der Waals surface area contributed by atoms with E-state index in [-0.39, 0.29) is 41.1 Å². The molecule has 0 unspecified atom stereocenters. The summed E-state index contributed by atoms with van der Waals surface area (Å²) < 4.78 is 82.8. The molecule has 3 rings (SSSR count). The number of nitrogens with one attached hydrogen (secondary N) is 1. The average Bonchev–Trinajstić information content (AvgIpc) is 3.21. The molecular weight excluding hydrogens is 528 g/mol. The number of nitrogens with zero attached hydrogens (tertiary/aromatic N) is 5. The summed E-state index contributed by atoms with van der Waals surface area (Å²) in [5, 5.41) is 16.4. The van der Waals surface area contributed by atoms with Gasteiger partial charge in [-0.05, 0) is 32.0 Å². The van der Waals surface area contributed by atoms with Gasteiger partial charge in [-0.25, -0.2) is 22.8 Å². The van der Waals surface area contributed by atoms with Gasteiger partial charge in [-0.2, -0.15) is 22.6 Å². The van der Waals surface area contributed by atoms with Gasteiger partial charge in [0.2, 0.25) is 16.0 Å². The summed E-state index contributed by atoms with van der Waals surface area (Å²) in [4.78, 5) is 7.23. The molecule has 0 aliphatic heterocycles. The highest BCUT2D eigenvalue weighted by molar-refractivity contribution is 7.89. The lowest BCUT2D eigenvalue weighted by molar-refractivity contribution is -0.137. The molecule has 3 aromatic rings. The molecule has 0 fully saturated rings. The Kier molecular flexibility index (Phi) is 7.93. The number of anilines is 2. The van der Waals surface area contributed by atoms with E-state index in [9.17, 15) is 31.1 Å². The zero-order valence-electron chi connectivity index (χ0n) is 19.4. The number of rotatable bonds is 9. The highest BCUT2D eigenvalue weighted by Gasteiger charge is 2.36. The molecule has 15 heteroatoms. The molecule has 0 spiro atoms. The molecule has 0 amide bonds. The van der Waals surface area contributed by atoms with E-state index < -0.39 is 38.9 Å². The molecule has 0 aliphatic rings. The zero-order chi connectivity index (χ0) is 26.9. The predicted molar refractivity (Wildman–Crippen MR) is 125 cm³/mol. The van der Waals surface area contributed by atoms with Crippen LogP contribution in [0.3, 0.4) is 0 Å². The third kappa shape index (κ3) is 6.49. The van der Waals surface area contributed by atoms with Crippen molar-refractivity contribution in [3.8, 4) is 11.3 Å². The minimum Gasteiger partial charge on any atom is -0.389 e. The number of aliphatic hydroxyl groups is 1. The molecular formula is C21H23ClF4N6O3S. The summed E-state index contributed by atoms with van der Waals surface area (Å²) in [7, 11) is -2.70. The van der Waals surface area contributed by atoms with E-state index in [1.165, 1.54) is 31.8 Å². The molecule has 0 bridgehead atoms. The van der Waals surface area contributed by atoms with Crippen LogP contribution in [0, 0.1) is 5.82 Å². The number of halogens is 5. The number of sulfonamides is 1. The maximum Gasteiger partial charge on any atom is 0.419 e. The van der Waals surface area contributed by atoms with Crippen LogP contribution >= 0.6 is 11.6 Å². The molecule has 0 saturated carbocycles. The molecule has 0 saturated heterocycles. The van der Waals surface area contributed by atoms with Crippen LogP contribution in [0.15, 0.2) is 41.7 Å². The topological polar surface area (TPSA) is 113 Å². The zero-order valence-corrected chi connectivity index (χ0v) is 21.0. The van der Waals surface area contributed by atoms with Crippen molar-refractivity contribution in [3.05, 3.63) is 48.2 Å². The Morgan fingerprint density at radius 3 is 2.50 bits per heavy atom. The number of hydrogen-bond acceptors (Lipinski definition) is 7. The SMILES string of the molecule is CN(CCCl)S(=O)(=O)c1ccc(Nc2ncc(C(F)(F)F)c(-c3cnn(CC(C)(C)O)c3)n2)c(F)c1. The van der Waals surface area contributed by atoms with Crippen LogP contribution in [-0.4, -0.2) is 62.7 Å². The maximum absolute atomic E-state index is 14.7. The highest BCUT2D eigenvalue weighted by Crippen LogP contribution is 2.36. The summed E-state index contributed by atoms with van der Waals surface area (Å²) in [6, 6.07) is 3.02. The molecule has 2 aromatic heterocycles. The van der Waals surface area contributed by atoms with Crippen molar-refractivity contribution in [2.45, 2.75) is 37.1 Å². The van der Waals surface area contributed by atoms with Gasteiger partial charge in [0.25, 0.3) is 0 Å². The molecule has 2 N–H and O–H groups in total. The highest BCUT2D eigenvalue weighted by atomic mass is 35.5. The van der Waals surface area contributed by atoms with Crippen molar-refractivity contribution in [1.29, 1.82) is 0 Å². The van der Waals surface area contributed by atoms with Gasteiger partial charge in [0.1, 0.15) is 11.4 Å². The van der Waals surface area contributed by atoms with Gasteiger partial charge in [0.05, 0.1) is 34.6 Å². The van der Waals surface area contributed by atoms with Crippen LogP contribution in [-0.2, 0) is 22.7 Å². The van der Waals surface area contributed by atoms with Crippen molar-refractivity contribution in [2.75, 3.05) is 24.8 Å². The third-order valence-corrected chi connectivity index (χ3v) is 6.87. The van der Waals surface area contributed by atoms with Gasteiger partial charge in [0, 0.05) is 37.4 Å². The molecule has 1 aromatic carbocycles. The first-order valence-electron chi connectivity index (χ1n) is 10.4. The van der Waals surface area contributed by atoms with Gasteiger partial charge < -0.3 is 10.4 Å². The van der Waals surface area contributed by atoms with Crippen molar-refractivity contribution < 1.29 is 31.1 Å². The summed E-state index contributed by atoms with van der Waals surface area (Å²) in [5.41, 5.74) is -3.06. The first kappa shape index (κ1) is 27.8. The van der Waals surface area contributed by atoms with E-state index in [2.05, 4.69) is 20.4 Å². The van der Waals surface area contributed by atoms with Gasteiger partial charge in [-0.15, -0.1) is 11.6 Å².